The molecule has 0 aliphatic heterocycles. The van der Waals surface area contributed by atoms with Crippen LogP contribution in [0.4, 0.5) is 0 Å². The lowest BCUT2D eigenvalue weighted by Crippen LogP contribution is -2.32. The molecule has 0 atom stereocenters. The number of amides is 1. The second-order valence-corrected chi connectivity index (χ2v) is 5.67. The van der Waals surface area contributed by atoms with Gasteiger partial charge in [-0.3, -0.25) is 4.79 Å². The third-order valence-corrected chi connectivity index (χ3v) is 4.07. The van der Waals surface area contributed by atoms with Crippen LogP contribution in [0.5, 0.6) is 0 Å². The minimum Gasteiger partial charge on any atom is -0.360 e. The number of hydrogen-bond donors (Lipinski definition) is 0. The third kappa shape index (κ3) is 3.49. The first-order valence-electron chi connectivity index (χ1n) is 7.08. The first-order chi connectivity index (χ1) is 11.0. The number of hydrogen-bond acceptors (Lipinski definition) is 4. The molecule has 0 bridgehead atoms. The minimum atomic E-state index is -0.257. The van der Waals surface area contributed by atoms with Gasteiger partial charge in [0.05, 0.1) is 22.5 Å². The Morgan fingerprint density at radius 2 is 2.04 bits per heavy atom. The van der Waals surface area contributed by atoms with Gasteiger partial charge in [-0.15, -0.1) is 0 Å². The monoisotopic (exact) mass is 351 g/mol. The lowest BCUT2D eigenvalue weighted by atomic mass is 10.0. The van der Waals surface area contributed by atoms with E-state index in [2.05, 4.69) is 5.16 Å². The second kappa shape index (κ2) is 7.49. The van der Waals surface area contributed by atoms with Crippen LogP contribution in [0.15, 0.2) is 22.7 Å². The van der Waals surface area contributed by atoms with Gasteiger partial charge in [0.25, 0.3) is 5.91 Å². The molecule has 2 aromatic rings. The van der Waals surface area contributed by atoms with Gasteiger partial charge in [-0.1, -0.05) is 34.4 Å². The Bertz CT molecular complexity index is 745. The molecule has 0 saturated heterocycles. The zero-order valence-electron chi connectivity index (χ0n) is 12.8. The maximum absolute atomic E-state index is 12.8. The Morgan fingerprint density at radius 1 is 1.39 bits per heavy atom. The third-order valence-electron chi connectivity index (χ3n) is 3.44. The molecule has 120 valence electrons. The van der Waals surface area contributed by atoms with E-state index in [0.717, 1.165) is 0 Å². The van der Waals surface area contributed by atoms with Crippen molar-refractivity contribution in [2.24, 2.45) is 0 Å². The number of rotatable bonds is 5. The standard InChI is InChI=1S/C16H15Cl2N3O2/c1-3-21(9-5-8-19)16(22)13-10(2)23-20-15(13)14-11(17)6-4-7-12(14)18/h4,6-7H,3,5,9H2,1-2H3. The van der Waals surface area contributed by atoms with E-state index in [-0.39, 0.29) is 12.3 Å². The van der Waals surface area contributed by atoms with Gasteiger partial charge in [0, 0.05) is 18.7 Å². The summed E-state index contributed by atoms with van der Waals surface area (Å²) in [5.74, 6) is 0.129. The summed E-state index contributed by atoms with van der Waals surface area (Å²) in [6, 6.07) is 7.10. The van der Waals surface area contributed by atoms with E-state index in [1.54, 1.807) is 30.0 Å². The van der Waals surface area contributed by atoms with Crippen molar-refractivity contribution in [2.75, 3.05) is 13.1 Å². The van der Waals surface area contributed by atoms with Crippen molar-refractivity contribution >= 4 is 29.1 Å². The normalized spacial score (nSPS) is 10.4. The molecule has 0 N–H and O–H groups in total. The average molecular weight is 352 g/mol. The summed E-state index contributed by atoms with van der Waals surface area (Å²) < 4.78 is 5.20. The average Bonchev–Trinajstić information content (AvgIpc) is 2.89. The molecule has 23 heavy (non-hydrogen) atoms. The molecule has 2 rings (SSSR count). The summed E-state index contributed by atoms with van der Waals surface area (Å²) in [5, 5.41) is 13.5. The number of nitriles is 1. The number of aromatic nitrogens is 1. The Morgan fingerprint density at radius 3 is 2.61 bits per heavy atom. The zero-order chi connectivity index (χ0) is 17.0. The predicted octanol–water partition coefficient (Wildman–Crippen LogP) is 4.33. The van der Waals surface area contributed by atoms with Gasteiger partial charge in [0.2, 0.25) is 0 Å². The summed E-state index contributed by atoms with van der Waals surface area (Å²) in [6.45, 7) is 4.32. The molecule has 1 aromatic carbocycles. The van der Waals surface area contributed by atoms with Crippen LogP contribution in [-0.4, -0.2) is 29.1 Å². The lowest BCUT2D eigenvalue weighted by Gasteiger charge is -2.19. The van der Waals surface area contributed by atoms with Crippen molar-refractivity contribution in [3.05, 3.63) is 39.6 Å². The van der Waals surface area contributed by atoms with Crippen LogP contribution in [0.25, 0.3) is 11.3 Å². The van der Waals surface area contributed by atoms with E-state index in [1.165, 1.54) is 0 Å². The highest BCUT2D eigenvalue weighted by atomic mass is 35.5. The Hall–Kier alpha value is -2.03. The van der Waals surface area contributed by atoms with Crippen LogP contribution in [-0.2, 0) is 0 Å². The molecule has 0 unspecified atom stereocenters. The Balaban J connectivity index is 2.51. The van der Waals surface area contributed by atoms with E-state index in [4.69, 9.17) is 33.0 Å². The van der Waals surface area contributed by atoms with Crippen LogP contribution in [0, 0.1) is 18.3 Å². The van der Waals surface area contributed by atoms with Crippen molar-refractivity contribution < 1.29 is 9.32 Å². The molecule has 7 heteroatoms. The number of halogens is 2. The molecule has 0 saturated carbocycles. The quantitative estimate of drug-likeness (QED) is 0.803. The van der Waals surface area contributed by atoms with Crippen LogP contribution < -0.4 is 0 Å². The maximum atomic E-state index is 12.8. The van der Waals surface area contributed by atoms with Gasteiger partial charge < -0.3 is 9.42 Å². The summed E-state index contributed by atoms with van der Waals surface area (Å²) in [5.41, 5.74) is 1.10. The number of carbonyl (C=O) groups is 1. The van der Waals surface area contributed by atoms with E-state index < -0.39 is 0 Å². The van der Waals surface area contributed by atoms with Gasteiger partial charge in [0.1, 0.15) is 17.0 Å². The first-order valence-corrected chi connectivity index (χ1v) is 7.83. The van der Waals surface area contributed by atoms with E-state index in [9.17, 15) is 4.79 Å². The molecule has 1 heterocycles. The number of carbonyl (C=O) groups excluding carboxylic acids is 1. The van der Waals surface area contributed by atoms with Crippen LogP contribution in [0.1, 0.15) is 29.5 Å². The van der Waals surface area contributed by atoms with Crippen molar-refractivity contribution in [3.8, 4) is 17.3 Å². The van der Waals surface area contributed by atoms with Gasteiger partial charge in [-0.25, -0.2) is 0 Å². The maximum Gasteiger partial charge on any atom is 0.259 e. The Labute approximate surface area is 144 Å². The van der Waals surface area contributed by atoms with Crippen molar-refractivity contribution in [3.63, 3.8) is 0 Å². The fourth-order valence-electron chi connectivity index (χ4n) is 2.27. The summed E-state index contributed by atoms with van der Waals surface area (Å²) in [4.78, 5) is 14.4. The number of nitrogens with zero attached hydrogens (tertiary/aromatic N) is 3. The van der Waals surface area contributed by atoms with Crippen LogP contribution >= 0.6 is 23.2 Å². The molecule has 1 amide bonds. The molecule has 0 aliphatic carbocycles. The molecular weight excluding hydrogens is 337 g/mol. The molecule has 1 aromatic heterocycles. The smallest absolute Gasteiger partial charge is 0.259 e. The number of benzene rings is 1. The van der Waals surface area contributed by atoms with E-state index in [1.807, 2.05) is 13.0 Å². The lowest BCUT2D eigenvalue weighted by molar-refractivity contribution is 0.0766. The first kappa shape index (κ1) is 17.3. The summed E-state index contributed by atoms with van der Waals surface area (Å²) in [6.07, 6.45) is 0.256. The largest absolute Gasteiger partial charge is 0.360 e. The SMILES string of the molecule is CCN(CCC#N)C(=O)c1c(-c2c(Cl)cccc2Cl)noc1C. The molecule has 0 radical (unpaired) electrons. The van der Waals surface area contributed by atoms with E-state index in [0.29, 0.717) is 45.7 Å². The predicted molar refractivity (Wildman–Crippen MR) is 88.5 cm³/mol. The van der Waals surface area contributed by atoms with Crippen molar-refractivity contribution in [2.45, 2.75) is 20.3 Å². The van der Waals surface area contributed by atoms with E-state index >= 15 is 0 Å². The van der Waals surface area contributed by atoms with Crippen molar-refractivity contribution in [1.82, 2.24) is 10.1 Å². The van der Waals surface area contributed by atoms with Crippen LogP contribution in [0.3, 0.4) is 0 Å². The van der Waals surface area contributed by atoms with Gasteiger partial charge in [-0.05, 0) is 26.0 Å². The summed E-state index contributed by atoms with van der Waals surface area (Å²) >= 11 is 12.4. The van der Waals surface area contributed by atoms with Crippen molar-refractivity contribution in [1.29, 1.82) is 5.26 Å². The topological polar surface area (TPSA) is 70.1 Å². The van der Waals surface area contributed by atoms with Gasteiger partial charge >= 0.3 is 0 Å². The molecule has 5 nitrogen and oxygen atoms in total. The highest BCUT2D eigenvalue weighted by Gasteiger charge is 2.27. The van der Waals surface area contributed by atoms with Gasteiger partial charge in [0.15, 0.2) is 0 Å². The Kier molecular flexibility index (Phi) is 5.64. The van der Waals surface area contributed by atoms with Gasteiger partial charge in [-0.2, -0.15) is 5.26 Å². The highest BCUT2D eigenvalue weighted by Crippen LogP contribution is 2.37. The molecule has 0 aliphatic rings. The zero-order valence-corrected chi connectivity index (χ0v) is 14.3. The second-order valence-electron chi connectivity index (χ2n) is 4.85. The highest BCUT2D eigenvalue weighted by molar-refractivity contribution is 6.39. The molecule has 0 fully saturated rings. The minimum absolute atomic E-state index is 0.256. The summed E-state index contributed by atoms with van der Waals surface area (Å²) in [7, 11) is 0. The fourth-order valence-corrected chi connectivity index (χ4v) is 2.84. The number of aryl methyl sites for hydroxylation is 1. The molecule has 0 spiro atoms. The fraction of sp³-hybridized carbons (Fsp3) is 0.312. The molecular formula is C16H15Cl2N3O2. The van der Waals surface area contributed by atoms with Crippen LogP contribution in [0.2, 0.25) is 10.0 Å².